The molecule has 25 heavy (non-hydrogen) atoms. The molecule has 4 atom stereocenters. The van der Waals surface area contributed by atoms with Crippen LogP contribution in [-0.4, -0.2) is 54.5 Å². The number of hydrogen-bond acceptors (Lipinski definition) is 4. The van der Waals surface area contributed by atoms with Crippen LogP contribution in [-0.2, 0) is 17.7 Å². The summed E-state index contributed by atoms with van der Waals surface area (Å²) in [6, 6.07) is 9.14. The Balaban J connectivity index is 1.27. The predicted molar refractivity (Wildman–Crippen MR) is 99.5 cm³/mol. The molecular weight excluding hydrogens is 312 g/mol. The molecule has 2 fully saturated rings. The lowest BCUT2D eigenvalue weighted by Crippen LogP contribution is -2.70. The molecule has 0 aromatic heterocycles. The maximum atomic E-state index is 10.5. The maximum absolute atomic E-state index is 10.5. The molecule has 1 saturated carbocycles. The Hall–Kier alpha value is -0.940. The molecule has 1 aromatic rings. The SMILES string of the molecule is CC1(C)C(NCC(O)CN2CCc3ccccc3C2)C2CCCOC21. The van der Waals surface area contributed by atoms with Crippen molar-refractivity contribution in [2.24, 2.45) is 11.3 Å². The molecule has 1 saturated heterocycles. The van der Waals surface area contributed by atoms with Crippen LogP contribution >= 0.6 is 0 Å². The third kappa shape index (κ3) is 3.37. The lowest BCUT2D eigenvalue weighted by Gasteiger charge is -2.60. The van der Waals surface area contributed by atoms with Crippen LogP contribution < -0.4 is 5.32 Å². The number of ether oxygens (including phenoxy) is 1. The molecule has 2 aliphatic heterocycles. The highest BCUT2D eigenvalue weighted by Gasteiger charge is 2.57. The predicted octanol–water partition coefficient (Wildman–Crippen LogP) is 2.20. The number of hydrogen-bond donors (Lipinski definition) is 2. The van der Waals surface area contributed by atoms with Crippen molar-refractivity contribution in [1.82, 2.24) is 10.2 Å². The van der Waals surface area contributed by atoms with Gasteiger partial charge in [-0.15, -0.1) is 0 Å². The first-order chi connectivity index (χ1) is 12.1. The van der Waals surface area contributed by atoms with E-state index >= 15 is 0 Å². The van der Waals surface area contributed by atoms with Crippen molar-refractivity contribution < 1.29 is 9.84 Å². The molecule has 4 nitrogen and oxygen atoms in total. The van der Waals surface area contributed by atoms with E-state index in [1.807, 2.05) is 0 Å². The number of fused-ring (bicyclic) bond motifs is 2. The van der Waals surface area contributed by atoms with E-state index in [1.54, 1.807) is 0 Å². The van der Waals surface area contributed by atoms with Gasteiger partial charge >= 0.3 is 0 Å². The minimum Gasteiger partial charge on any atom is -0.390 e. The van der Waals surface area contributed by atoms with E-state index in [2.05, 4.69) is 48.3 Å². The van der Waals surface area contributed by atoms with E-state index in [0.29, 0.717) is 24.6 Å². The van der Waals surface area contributed by atoms with E-state index in [-0.39, 0.29) is 11.5 Å². The number of β-amino-alcohol motifs (C(OH)–C–C–N with tert-alkyl or cyclic N) is 1. The van der Waals surface area contributed by atoms with E-state index in [9.17, 15) is 5.11 Å². The van der Waals surface area contributed by atoms with Gasteiger partial charge in [0.2, 0.25) is 0 Å². The average molecular weight is 344 g/mol. The molecule has 4 heteroatoms. The molecule has 3 aliphatic rings. The highest BCUT2D eigenvalue weighted by Crippen LogP contribution is 2.51. The Morgan fingerprint density at radius 3 is 2.96 bits per heavy atom. The van der Waals surface area contributed by atoms with Crippen LogP contribution in [0.15, 0.2) is 24.3 Å². The molecule has 2 heterocycles. The maximum Gasteiger partial charge on any atom is 0.0791 e. The summed E-state index contributed by atoms with van der Waals surface area (Å²) in [6.07, 6.45) is 3.60. The van der Waals surface area contributed by atoms with Crippen molar-refractivity contribution in [2.45, 2.75) is 57.9 Å². The van der Waals surface area contributed by atoms with Crippen molar-refractivity contribution in [3.05, 3.63) is 35.4 Å². The molecule has 0 bridgehead atoms. The second-order valence-corrected chi connectivity index (χ2v) is 8.71. The van der Waals surface area contributed by atoms with Gasteiger partial charge < -0.3 is 15.2 Å². The van der Waals surface area contributed by atoms with Gasteiger partial charge in [0.25, 0.3) is 0 Å². The van der Waals surface area contributed by atoms with Gasteiger partial charge in [0, 0.05) is 50.2 Å². The number of aliphatic hydroxyl groups is 1. The molecular formula is C21H32N2O2. The fraction of sp³-hybridized carbons (Fsp3) is 0.714. The molecule has 0 amide bonds. The number of aliphatic hydroxyl groups excluding tert-OH is 1. The van der Waals surface area contributed by atoms with Gasteiger partial charge in [-0.2, -0.15) is 0 Å². The van der Waals surface area contributed by atoms with E-state index in [4.69, 9.17) is 4.74 Å². The minimum atomic E-state index is -0.315. The molecule has 1 aliphatic carbocycles. The quantitative estimate of drug-likeness (QED) is 0.860. The Labute approximate surface area is 151 Å². The molecule has 0 radical (unpaired) electrons. The number of nitrogens with one attached hydrogen (secondary N) is 1. The van der Waals surface area contributed by atoms with Crippen molar-refractivity contribution in [3.8, 4) is 0 Å². The zero-order chi connectivity index (χ0) is 17.4. The summed E-state index contributed by atoms with van der Waals surface area (Å²) in [4.78, 5) is 2.38. The summed E-state index contributed by atoms with van der Waals surface area (Å²) in [5, 5.41) is 14.2. The van der Waals surface area contributed by atoms with Crippen LogP contribution in [0.5, 0.6) is 0 Å². The normalized spacial score (nSPS) is 32.4. The van der Waals surface area contributed by atoms with Gasteiger partial charge in [-0.1, -0.05) is 38.1 Å². The van der Waals surface area contributed by atoms with Crippen molar-refractivity contribution in [3.63, 3.8) is 0 Å². The average Bonchev–Trinajstić information content (AvgIpc) is 2.61. The van der Waals surface area contributed by atoms with Crippen molar-refractivity contribution in [2.75, 3.05) is 26.2 Å². The highest BCUT2D eigenvalue weighted by atomic mass is 16.5. The van der Waals surface area contributed by atoms with Crippen LogP contribution in [0.1, 0.15) is 37.8 Å². The number of nitrogens with zero attached hydrogens (tertiary/aromatic N) is 1. The summed E-state index contributed by atoms with van der Waals surface area (Å²) < 4.78 is 5.97. The molecule has 0 spiro atoms. The Morgan fingerprint density at radius 2 is 2.12 bits per heavy atom. The van der Waals surface area contributed by atoms with Gasteiger partial charge in [-0.05, 0) is 30.4 Å². The second-order valence-electron chi connectivity index (χ2n) is 8.71. The van der Waals surface area contributed by atoms with Crippen LogP contribution in [0, 0.1) is 11.3 Å². The van der Waals surface area contributed by atoms with E-state index < -0.39 is 0 Å². The minimum absolute atomic E-state index is 0.175. The summed E-state index contributed by atoms with van der Waals surface area (Å²) in [7, 11) is 0. The summed E-state index contributed by atoms with van der Waals surface area (Å²) >= 11 is 0. The zero-order valence-electron chi connectivity index (χ0n) is 15.6. The van der Waals surface area contributed by atoms with E-state index in [1.165, 1.54) is 24.0 Å². The van der Waals surface area contributed by atoms with Crippen molar-refractivity contribution in [1.29, 1.82) is 0 Å². The molecule has 4 unspecified atom stereocenters. The fourth-order valence-electron chi connectivity index (χ4n) is 5.27. The van der Waals surface area contributed by atoms with Gasteiger partial charge in [0.1, 0.15) is 0 Å². The lowest BCUT2D eigenvalue weighted by molar-refractivity contribution is -0.193. The second kappa shape index (κ2) is 6.99. The smallest absolute Gasteiger partial charge is 0.0791 e. The molecule has 1 aromatic carbocycles. The largest absolute Gasteiger partial charge is 0.390 e. The van der Waals surface area contributed by atoms with Crippen molar-refractivity contribution >= 4 is 0 Å². The van der Waals surface area contributed by atoms with Crippen LogP contribution in [0.4, 0.5) is 0 Å². The first-order valence-corrected chi connectivity index (χ1v) is 9.88. The summed E-state index contributed by atoms with van der Waals surface area (Å²) in [6.45, 7) is 8.93. The third-order valence-corrected chi connectivity index (χ3v) is 6.58. The standard InChI is InChI=1S/C21H32N2O2/c1-21(2)19(18-8-5-11-25-20(18)21)22-12-17(24)14-23-10-9-15-6-3-4-7-16(15)13-23/h3-4,6-7,17-20,22,24H,5,8-14H2,1-2H3. The Morgan fingerprint density at radius 1 is 1.32 bits per heavy atom. The van der Waals surface area contributed by atoms with Crippen LogP contribution in [0.3, 0.4) is 0 Å². The zero-order valence-corrected chi connectivity index (χ0v) is 15.6. The Kier molecular flexibility index (Phi) is 4.89. The summed E-state index contributed by atoms with van der Waals surface area (Å²) in [5.41, 5.74) is 3.05. The first kappa shape index (κ1) is 17.5. The topological polar surface area (TPSA) is 44.7 Å². The van der Waals surface area contributed by atoms with Crippen LogP contribution in [0.2, 0.25) is 0 Å². The Bertz CT molecular complexity index is 603. The third-order valence-electron chi connectivity index (χ3n) is 6.58. The lowest BCUT2D eigenvalue weighted by atomic mass is 9.55. The van der Waals surface area contributed by atoms with Gasteiger partial charge in [-0.25, -0.2) is 0 Å². The molecule has 138 valence electrons. The van der Waals surface area contributed by atoms with Gasteiger partial charge in [0.05, 0.1) is 12.2 Å². The summed E-state index contributed by atoms with van der Waals surface area (Å²) in [5.74, 6) is 0.623. The number of rotatable bonds is 5. The van der Waals surface area contributed by atoms with E-state index in [0.717, 1.165) is 32.7 Å². The fourth-order valence-corrected chi connectivity index (χ4v) is 5.27. The number of benzene rings is 1. The van der Waals surface area contributed by atoms with Gasteiger partial charge in [-0.3, -0.25) is 4.90 Å². The molecule has 4 rings (SSSR count). The first-order valence-electron chi connectivity index (χ1n) is 9.88. The van der Waals surface area contributed by atoms with Gasteiger partial charge in [0.15, 0.2) is 0 Å². The van der Waals surface area contributed by atoms with Crippen LogP contribution in [0.25, 0.3) is 0 Å². The highest BCUT2D eigenvalue weighted by molar-refractivity contribution is 5.29. The molecule has 2 N–H and O–H groups in total. The monoisotopic (exact) mass is 344 g/mol.